The molecule has 1 aromatic heterocycles. The van der Waals surface area contributed by atoms with E-state index in [2.05, 4.69) is 9.71 Å². The summed E-state index contributed by atoms with van der Waals surface area (Å²) in [5, 5.41) is 0. The molecule has 0 aliphatic heterocycles. The SMILES string of the molecule is O=c1ccc(S(=O)(=O)NC2CC3CC2C2CCCC32)c[nH]1. The van der Waals surface area contributed by atoms with Crippen LogP contribution in [0.25, 0.3) is 0 Å². The summed E-state index contributed by atoms with van der Waals surface area (Å²) in [5.74, 6) is 2.81. The van der Waals surface area contributed by atoms with Gasteiger partial charge in [0.1, 0.15) is 0 Å². The van der Waals surface area contributed by atoms with Crippen LogP contribution in [0.4, 0.5) is 0 Å². The van der Waals surface area contributed by atoms with E-state index in [0.29, 0.717) is 11.8 Å². The van der Waals surface area contributed by atoms with Crippen molar-refractivity contribution in [1.29, 1.82) is 0 Å². The van der Waals surface area contributed by atoms with Crippen molar-refractivity contribution in [2.75, 3.05) is 0 Å². The van der Waals surface area contributed by atoms with Crippen molar-refractivity contribution in [1.82, 2.24) is 9.71 Å². The van der Waals surface area contributed by atoms with Gasteiger partial charge in [-0.15, -0.1) is 0 Å². The van der Waals surface area contributed by atoms with Gasteiger partial charge in [0, 0.05) is 18.3 Å². The van der Waals surface area contributed by atoms with Crippen molar-refractivity contribution >= 4 is 10.0 Å². The van der Waals surface area contributed by atoms with Crippen LogP contribution in [0.15, 0.2) is 28.0 Å². The zero-order valence-electron chi connectivity index (χ0n) is 11.8. The van der Waals surface area contributed by atoms with Gasteiger partial charge in [-0.2, -0.15) is 0 Å². The third-order valence-electron chi connectivity index (χ3n) is 5.80. The van der Waals surface area contributed by atoms with Crippen LogP contribution >= 0.6 is 0 Å². The fourth-order valence-electron chi connectivity index (χ4n) is 5.03. The first kappa shape index (κ1) is 13.5. The number of nitrogens with one attached hydrogen (secondary N) is 2. The Kier molecular flexibility index (Phi) is 3.01. The molecular formula is C15H20N2O3S. The highest BCUT2D eigenvalue weighted by Crippen LogP contribution is 2.58. The van der Waals surface area contributed by atoms with E-state index < -0.39 is 10.0 Å². The average molecular weight is 308 g/mol. The van der Waals surface area contributed by atoms with Crippen LogP contribution in [0, 0.1) is 23.7 Å². The van der Waals surface area contributed by atoms with Gasteiger partial charge < -0.3 is 4.98 Å². The monoisotopic (exact) mass is 308 g/mol. The number of pyridine rings is 1. The highest BCUT2D eigenvalue weighted by molar-refractivity contribution is 7.89. The Morgan fingerprint density at radius 3 is 2.67 bits per heavy atom. The second-order valence-electron chi connectivity index (χ2n) is 6.77. The van der Waals surface area contributed by atoms with Gasteiger partial charge in [0.05, 0.1) is 4.90 Å². The minimum absolute atomic E-state index is 0.0753. The second kappa shape index (κ2) is 4.68. The van der Waals surface area contributed by atoms with Crippen molar-refractivity contribution < 1.29 is 8.42 Å². The smallest absolute Gasteiger partial charge is 0.247 e. The van der Waals surface area contributed by atoms with Gasteiger partial charge in [0.25, 0.3) is 0 Å². The normalized spacial score (nSPS) is 37.8. The number of hydrogen-bond donors (Lipinski definition) is 2. The van der Waals surface area contributed by atoms with Crippen LogP contribution in [-0.2, 0) is 10.0 Å². The number of aromatic amines is 1. The molecule has 21 heavy (non-hydrogen) atoms. The van der Waals surface area contributed by atoms with Crippen LogP contribution < -0.4 is 10.3 Å². The van der Waals surface area contributed by atoms with E-state index in [9.17, 15) is 13.2 Å². The lowest BCUT2D eigenvalue weighted by molar-refractivity contribution is 0.224. The standard InChI is InChI=1S/C15H20N2O3S/c18-15-5-4-10(8-16-15)21(19,20)17-14-7-9-6-13(14)12-3-1-2-11(9)12/h4-5,8-9,11-14,17H,1-3,6-7H2,(H,16,18). The molecule has 4 rings (SSSR count). The maximum Gasteiger partial charge on any atom is 0.247 e. The molecule has 3 aliphatic carbocycles. The number of rotatable bonds is 3. The van der Waals surface area contributed by atoms with Gasteiger partial charge in [0.2, 0.25) is 15.6 Å². The van der Waals surface area contributed by atoms with Crippen molar-refractivity contribution in [3.05, 3.63) is 28.7 Å². The molecule has 0 radical (unpaired) electrons. The lowest BCUT2D eigenvalue weighted by Gasteiger charge is -2.31. The van der Waals surface area contributed by atoms with E-state index in [1.54, 1.807) is 0 Å². The third kappa shape index (κ3) is 2.16. The molecule has 5 atom stereocenters. The highest BCUT2D eigenvalue weighted by Gasteiger charge is 2.54. The van der Waals surface area contributed by atoms with Crippen molar-refractivity contribution in [3.8, 4) is 0 Å². The summed E-state index contributed by atoms with van der Waals surface area (Å²) in [6, 6.07) is 2.70. The van der Waals surface area contributed by atoms with E-state index in [0.717, 1.165) is 18.3 Å². The molecule has 6 heteroatoms. The number of aromatic nitrogens is 1. The van der Waals surface area contributed by atoms with Crippen LogP contribution in [0.1, 0.15) is 32.1 Å². The molecule has 2 N–H and O–H groups in total. The minimum atomic E-state index is -3.53. The number of hydrogen-bond acceptors (Lipinski definition) is 3. The van der Waals surface area contributed by atoms with Crippen LogP contribution in [-0.4, -0.2) is 19.4 Å². The highest BCUT2D eigenvalue weighted by atomic mass is 32.2. The Bertz CT molecular complexity index is 691. The maximum atomic E-state index is 12.4. The molecule has 3 aliphatic rings. The zero-order valence-corrected chi connectivity index (χ0v) is 12.6. The first-order valence-corrected chi connectivity index (χ1v) is 9.24. The molecule has 1 aromatic rings. The predicted octanol–water partition coefficient (Wildman–Crippen LogP) is 1.48. The molecule has 0 saturated heterocycles. The second-order valence-corrected chi connectivity index (χ2v) is 8.48. The molecule has 5 nitrogen and oxygen atoms in total. The Morgan fingerprint density at radius 1 is 1.10 bits per heavy atom. The summed E-state index contributed by atoms with van der Waals surface area (Å²) < 4.78 is 27.8. The van der Waals surface area contributed by atoms with E-state index >= 15 is 0 Å². The molecule has 2 bridgehead atoms. The fourth-order valence-corrected chi connectivity index (χ4v) is 6.30. The molecule has 0 spiro atoms. The molecule has 114 valence electrons. The first-order chi connectivity index (χ1) is 10.0. The van der Waals surface area contributed by atoms with Gasteiger partial charge in [0.15, 0.2) is 0 Å². The molecule has 3 fully saturated rings. The summed E-state index contributed by atoms with van der Waals surface area (Å²) >= 11 is 0. The summed E-state index contributed by atoms with van der Waals surface area (Å²) in [6.07, 6.45) is 7.36. The van der Waals surface area contributed by atoms with Crippen LogP contribution in [0.5, 0.6) is 0 Å². The van der Waals surface area contributed by atoms with Gasteiger partial charge >= 0.3 is 0 Å². The summed E-state index contributed by atoms with van der Waals surface area (Å²) in [6.45, 7) is 0. The summed E-state index contributed by atoms with van der Waals surface area (Å²) in [4.78, 5) is 13.6. The molecule has 0 aromatic carbocycles. The zero-order chi connectivity index (χ0) is 14.6. The topological polar surface area (TPSA) is 79.0 Å². The molecule has 0 amide bonds. The van der Waals surface area contributed by atoms with E-state index in [1.807, 2.05) is 0 Å². The van der Waals surface area contributed by atoms with Crippen LogP contribution in [0.2, 0.25) is 0 Å². The lowest BCUT2D eigenvalue weighted by atomic mass is 9.79. The average Bonchev–Trinajstić information content (AvgIpc) is 3.09. The van der Waals surface area contributed by atoms with E-state index in [-0.39, 0.29) is 16.5 Å². The molecular weight excluding hydrogens is 288 g/mol. The number of sulfonamides is 1. The first-order valence-electron chi connectivity index (χ1n) is 7.76. The van der Waals surface area contributed by atoms with Gasteiger partial charge in [-0.1, -0.05) is 6.42 Å². The van der Waals surface area contributed by atoms with Gasteiger partial charge in [-0.05, 0) is 55.4 Å². The van der Waals surface area contributed by atoms with Crippen LogP contribution in [0.3, 0.4) is 0 Å². The third-order valence-corrected chi connectivity index (χ3v) is 7.29. The van der Waals surface area contributed by atoms with E-state index in [4.69, 9.17) is 0 Å². The fraction of sp³-hybridized carbons (Fsp3) is 0.667. The Labute approximate surface area is 124 Å². The molecule has 1 heterocycles. The Hall–Kier alpha value is -1.14. The Morgan fingerprint density at radius 2 is 1.90 bits per heavy atom. The maximum absolute atomic E-state index is 12.4. The Balaban J connectivity index is 1.54. The summed E-state index contributed by atoms with van der Waals surface area (Å²) in [5.41, 5.74) is -0.289. The van der Waals surface area contributed by atoms with Gasteiger partial charge in [-0.3, -0.25) is 4.79 Å². The number of fused-ring (bicyclic) bond motifs is 5. The lowest BCUT2D eigenvalue weighted by Crippen LogP contribution is -2.42. The number of H-pyrrole nitrogens is 1. The quantitative estimate of drug-likeness (QED) is 0.887. The van der Waals surface area contributed by atoms with Gasteiger partial charge in [-0.25, -0.2) is 13.1 Å². The van der Waals surface area contributed by atoms with Crippen molar-refractivity contribution in [2.24, 2.45) is 23.7 Å². The van der Waals surface area contributed by atoms with Crippen molar-refractivity contribution in [3.63, 3.8) is 0 Å². The predicted molar refractivity (Wildman–Crippen MR) is 78.2 cm³/mol. The summed E-state index contributed by atoms with van der Waals surface area (Å²) in [7, 11) is -3.53. The molecule has 5 unspecified atom stereocenters. The van der Waals surface area contributed by atoms with E-state index in [1.165, 1.54) is 44.0 Å². The minimum Gasteiger partial charge on any atom is -0.328 e. The largest absolute Gasteiger partial charge is 0.328 e. The van der Waals surface area contributed by atoms with Crippen molar-refractivity contribution in [2.45, 2.75) is 43.0 Å². The molecule has 3 saturated carbocycles.